The molecule has 0 aliphatic rings. The molecule has 3 heterocycles. The van der Waals surface area contributed by atoms with Crippen molar-refractivity contribution in [3.05, 3.63) is 48.5 Å². The van der Waals surface area contributed by atoms with Gasteiger partial charge in [0.25, 0.3) is 0 Å². The summed E-state index contributed by atoms with van der Waals surface area (Å²) >= 11 is 0. The zero-order chi connectivity index (χ0) is 15.6. The van der Waals surface area contributed by atoms with Gasteiger partial charge in [-0.25, -0.2) is 14.6 Å². The van der Waals surface area contributed by atoms with Crippen LogP contribution in [0.5, 0.6) is 5.75 Å². The van der Waals surface area contributed by atoms with Gasteiger partial charge in [-0.05, 0) is 6.07 Å². The molecule has 114 valence electrons. The van der Waals surface area contributed by atoms with E-state index in [1.54, 1.807) is 17.1 Å². The Bertz CT molecular complexity index is 946. The second kappa shape index (κ2) is 5.37. The standard InChI is InChI=1S/C14H12N8O/c15-12-5-11(13-14(18-12)20-21-19-13)23-6-9-3-1-2-4-10(9)22-8-16-7-17-22/h1-5,7-8H,6H2,(H3,15,18,19,20,21). The van der Waals surface area contributed by atoms with Crippen LogP contribution in [-0.2, 0) is 6.61 Å². The highest BCUT2D eigenvalue weighted by atomic mass is 16.5. The average Bonchev–Trinajstić information content (AvgIpc) is 3.24. The van der Waals surface area contributed by atoms with Crippen LogP contribution in [0.25, 0.3) is 16.9 Å². The van der Waals surface area contributed by atoms with E-state index in [2.05, 4.69) is 30.5 Å². The van der Waals surface area contributed by atoms with Crippen molar-refractivity contribution in [2.75, 3.05) is 5.73 Å². The second-order valence-corrected chi connectivity index (χ2v) is 4.80. The van der Waals surface area contributed by atoms with Crippen LogP contribution >= 0.6 is 0 Å². The Balaban J connectivity index is 1.66. The molecule has 23 heavy (non-hydrogen) atoms. The van der Waals surface area contributed by atoms with Gasteiger partial charge in [-0.1, -0.05) is 18.2 Å². The number of anilines is 1. The molecular formula is C14H12N8O. The number of nitrogens with zero attached hydrogens (tertiary/aromatic N) is 6. The molecule has 0 radical (unpaired) electrons. The maximum Gasteiger partial charge on any atom is 0.207 e. The Morgan fingerprint density at radius 1 is 1.22 bits per heavy atom. The number of nitrogens with two attached hydrogens (primary N) is 1. The van der Waals surface area contributed by atoms with Gasteiger partial charge in [0.2, 0.25) is 5.65 Å². The first-order valence-electron chi connectivity index (χ1n) is 6.84. The van der Waals surface area contributed by atoms with Crippen LogP contribution in [0.1, 0.15) is 5.56 Å². The number of hydrogen-bond acceptors (Lipinski definition) is 7. The van der Waals surface area contributed by atoms with Gasteiger partial charge in [0.1, 0.15) is 25.1 Å². The lowest BCUT2D eigenvalue weighted by Gasteiger charge is -2.11. The summed E-state index contributed by atoms with van der Waals surface area (Å²) in [5.41, 5.74) is 8.57. The molecule has 0 unspecified atom stereocenters. The molecular weight excluding hydrogens is 296 g/mol. The molecule has 9 nitrogen and oxygen atoms in total. The van der Waals surface area contributed by atoms with E-state index in [0.717, 1.165) is 11.3 Å². The van der Waals surface area contributed by atoms with E-state index in [0.29, 0.717) is 29.3 Å². The minimum absolute atomic E-state index is 0.321. The van der Waals surface area contributed by atoms with E-state index < -0.39 is 0 Å². The van der Waals surface area contributed by atoms with Gasteiger partial charge in [-0.2, -0.15) is 15.4 Å². The molecule has 3 aromatic heterocycles. The molecule has 0 aliphatic heterocycles. The summed E-state index contributed by atoms with van der Waals surface area (Å²) in [5, 5.41) is 14.6. The van der Waals surface area contributed by atoms with Crippen LogP contribution < -0.4 is 10.5 Å². The number of fused-ring (bicyclic) bond motifs is 1. The molecule has 0 aliphatic carbocycles. The normalized spacial score (nSPS) is 11.0. The highest BCUT2D eigenvalue weighted by Crippen LogP contribution is 2.24. The van der Waals surface area contributed by atoms with E-state index in [9.17, 15) is 0 Å². The quantitative estimate of drug-likeness (QED) is 0.579. The average molecular weight is 308 g/mol. The number of nitrogen functional groups attached to an aromatic ring is 1. The monoisotopic (exact) mass is 308 g/mol. The highest BCUT2D eigenvalue weighted by molar-refractivity contribution is 5.78. The van der Waals surface area contributed by atoms with Gasteiger partial charge in [-0.3, -0.25) is 0 Å². The van der Waals surface area contributed by atoms with Gasteiger partial charge in [0, 0.05) is 11.6 Å². The Labute approximate surface area is 130 Å². The van der Waals surface area contributed by atoms with Crippen LogP contribution in [0.4, 0.5) is 5.82 Å². The number of aromatic amines is 1. The Morgan fingerprint density at radius 2 is 2.13 bits per heavy atom. The lowest BCUT2D eigenvalue weighted by atomic mass is 10.2. The summed E-state index contributed by atoms with van der Waals surface area (Å²) in [6.45, 7) is 0.321. The number of nitrogens with one attached hydrogen (secondary N) is 1. The lowest BCUT2D eigenvalue weighted by Crippen LogP contribution is -2.04. The largest absolute Gasteiger partial charge is 0.486 e. The second-order valence-electron chi connectivity index (χ2n) is 4.80. The van der Waals surface area contributed by atoms with Gasteiger partial charge >= 0.3 is 0 Å². The molecule has 0 saturated carbocycles. The predicted molar refractivity (Wildman–Crippen MR) is 81.8 cm³/mol. The smallest absolute Gasteiger partial charge is 0.207 e. The van der Waals surface area contributed by atoms with Crippen LogP contribution in [-0.4, -0.2) is 35.2 Å². The molecule has 0 fully saturated rings. The predicted octanol–water partition coefficient (Wildman–Crippen LogP) is 1.09. The van der Waals surface area contributed by atoms with Crippen molar-refractivity contribution in [2.24, 2.45) is 0 Å². The third-order valence-corrected chi connectivity index (χ3v) is 3.32. The maximum atomic E-state index is 5.88. The third-order valence-electron chi connectivity index (χ3n) is 3.32. The number of pyridine rings is 1. The summed E-state index contributed by atoms with van der Waals surface area (Å²) in [4.78, 5) is 8.05. The SMILES string of the molecule is Nc1cc(OCc2ccccc2-n2cncn2)c2n[nH]nc2n1. The summed E-state index contributed by atoms with van der Waals surface area (Å²) in [5.74, 6) is 0.848. The summed E-state index contributed by atoms with van der Waals surface area (Å²) in [6, 6.07) is 9.40. The fourth-order valence-corrected chi connectivity index (χ4v) is 2.28. The van der Waals surface area contributed by atoms with Gasteiger partial charge in [-0.15, -0.1) is 5.10 Å². The minimum atomic E-state index is 0.321. The summed E-state index contributed by atoms with van der Waals surface area (Å²) in [6.07, 6.45) is 3.12. The van der Waals surface area contributed by atoms with Crippen molar-refractivity contribution in [3.63, 3.8) is 0 Å². The fourth-order valence-electron chi connectivity index (χ4n) is 2.28. The van der Waals surface area contributed by atoms with Gasteiger partial charge in [0.15, 0.2) is 11.3 Å². The van der Waals surface area contributed by atoms with Crippen LogP contribution in [0, 0.1) is 0 Å². The van der Waals surface area contributed by atoms with Crippen LogP contribution in [0.3, 0.4) is 0 Å². The molecule has 0 bridgehead atoms. The molecule has 3 N–H and O–H groups in total. The topological polar surface area (TPSA) is 120 Å². The van der Waals surface area contributed by atoms with E-state index in [1.807, 2.05) is 24.3 Å². The van der Waals surface area contributed by atoms with Gasteiger partial charge in [0.05, 0.1) is 5.69 Å². The van der Waals surface area contributed by atoms with Crippen molar-refractivity contribution in [1.29, 1.82) is 0 Å². The molecule has 4 rings (SSSR count). The molecule has 9 heteroatoms. The number of benzene rings is 1. The van der Waals surface area contributed by atoms with Gasteiger partial charge < -0.3 is 10.5 Å². The van der Waals surface area contributed by atoms with Crippen molar-refractivity contribution >= 4 is 17.0 Å². The Kier molecular flexibility index (Phi) is 3.08. The number of para-hydroxylation sites is 1. The van der Waals surface area contributed by atoms with Crippen molar-refractivity contribution < 1.29 is 4.74 Å². The van der Waals surface area contributed by atoms with Crippen LogP contribution in [0.15, 0.2) is 43.0 Å². The molecule has 0 spiro atoms. The van der Waals surface area contributed by atoms with Crippen molar-refractivity contribution in [2.45, 2.75) is 6.61 Å². The third kappa shape index (κ3) is 2.44. The molecule has 0 saturated heterocycles. The molecule has 0 atom stereocenters. The first-order valence-corrected chi connectivity index (χ1v) is 6.84. The number of aromatic nitrogens is 7. The van der Waals surface area contributed by atoms with E-state index in [-0.39, 0.29) is 0 Å². The number of ether oxygens (including phenoxy) is 1. The first kappa shape index (κ1) is 13.2. The van der Waals surface area contributed by atoms with Crippen molar-refractivity contribution in [1.82, 2.24) is 35.2 Å². The zero-order valence-electron chi connectivity index (χ0n) is 11.9. The Morgan fingerprint density at radius 3 is 3.00 bits per heavy atom. The van der Waals surface area contributed by atoms with Crippen molar-refractivity contribution in [3.8, 4) is 11.4 Å². The van der Waals surface area contributed by atoms with E-state index in [1.165, 1.54) is 6.33 Å². The van der Waals surface area contributed by atoms with Crippen LogP contribution in [0.2, 0.25) is 0 Å². The summed E-state index contributed by atoms with van der Waals surface area (Å²) < 4.78 is 7.57. The van der Waals surface area contributed by atoms with E-state index >= 15 is 0 Å². The molecule has 0 amide bonds. The first-order chi connectivity index (χ1) is 11.3. The lowest BCUT2D eigenvalue weighted by molar-refractivity contribution is 0.309. The maximum absolute atomic E-state index is 5.88. The minimum Gasteiger partial charge on any atom is -0.486 e. The Hall–Kier alpha value is -3.49. The highest BCUT2D eigenvalue weighted by Gasteiger charge is 2.11. The number of rotatable bonds is 4. The van der Waals surface area contributed by atoms with E-state index in [4.69, 9.17) is 10.5 Å². The zero-order valence-corrected chi connectivity index (χ0v) is 11.9. The molecule has 1 aromatic carbocycles. The fraction of sp³-hybridized carbons (Fsp3) is 0.0714. The summed E-state index contributed by atoms with van der Waals surface area (Å²) in [7, 11) is 0. The number of hydrogen-bond donors (Lipinski definition) is 2. The molecule has 4 aromatic rings. The number of H-pyrrole nitrogens is 1.